The van der Waals surface area contributed by atoms with Gasteiger partial charge in [0, 0.05) is 34.3 Å². The fourth-order valence-electron chi connectivity index (χ4n) is 2.40. The molecule has 1 aliphatic rings. The van der Waals surface area contributed by atoms with Crippen molar-refractivity contribution in [2.45, 2.75) is 13.2 Å². The Morgan fingerprint density at radius 2 is 1.96 bits per heavy atom. The Morgan fingerprint density at radius 1 is 1.16 bits per heavy atom. The summed E-state index contributed by atoms with van der Waals surface area (Å²) in [6.07, 6.45) is 0. The Balaban J connectivity index is 1.92. The molecule has 0 fully saturated rings. The molecule has 0 aliphatic carbocycles. The standard InChI is InChI=1S/C15H11ClN2O7/c16-11-1-2-14(13(5-11)18(21)22)24-7-10-4-12(17(19)20)3-9-6-23-8-25-15(9)10/h1-5H,6-8H2. The van der Waals surface area contributed by atoms with Gasteiger partial charge in [0.15, 0.2) is 12.5 Å². The first-order chi connectivity index (χ1) is 12.0. The highest BCUT2D eigenvalue weighted by molar-refractivity contribution is 6.30. The molecule has 25 heavy (non-hydrogen) atoms. The van der Waals surface area contributed by atoms with Gasteiger partial charge in [-0.3, -0.25) is 20.2 Å². The number of hydrogen-bond acceptors (Lipinski definition) is 7. The summed E-state index contributed by atoms with van der Waals surface area (Å²) >= 11 is 5.76. The van der Waals surface area contributed by atoms with E-state index in [9.17, 15) is 20.2 Å². The predicted molar refractivity (Wildman–Crippen MR) is 85.8 cm³/mol. The summed E-state index contributed by atoms with van der Waals surface area (Å²) in [6, 6.07) is 6.67. The maximum Gasteiger partial charge on any atom is 0.312 e. The minimum absolute atomic E-state index is 0.00159. The number of nitro benzene ring substituents is 2. The molecular formula is C15H11ClN2O7. The molecule has 0 saturated carbocycles. The van der Waals surface area contributed by atoms with Crippen molar-refractivity contribution >= 4 is 23.0 Å². The summed E-state index contributed by atoms with van der Waals surface area (Å²) in [7, 11) is 0. The van der Waals surface area contributed by atoms with Crippen LogP contribution in [0.2, 0.25) is 5.02 Å². The number of non-ortho nitro benzene ring substituents is 1. The number of nitro groups is 2. The molecule has 0 amide bonds. The molecule has 0 bridgehead atoms. The zero-order valence-electron chi connectivity index (χ0n) is 12.6. The van der Waals surface area contributed by atoms with Crippen LogP contribution in [-0.4, -0.2) is 16.6 Å². The lowest BCUT2D eigenvalue weighted by atomic mass is 10.1. The van der Waals surface area contributed by atoms with Gasteiger partial charge >= 0.3 is 5.69 Å². The molecule has 3 rings (SSSR count). The molecule has 0 aromatic heterocycles. The van der Waals surface area contributed by atoms with E-state index >= 15 is 0 Å². The van der Waals surface area contributed by atoms with Crippen LogP contribution in [0.25, 0.3) is 0 Å². The Morgan fingerprint density at radius 3 is 2.68 bits per heavy atom. The van der Waals surface area contributed by atoms with Gasteiger partial charge < -0.3 is 14.2 Å². The van der Waals surface area contributed by atoms with Crippen LogP contribution in [0.4, 0.5) is 11.4 Å². The Kier molecular flexibility index (Phi) is 4.68. The van der Waals surface area contributed by atoms with Crippen molar-refractivity contribution in [3.8, 4) is 11.5 Å². The van der Waals surface area contributed by atoms with E-state index in [0.29, 0.717) is 16.9 Å². The van der Waals surface area contributed by atoms with Crippen molar-refractivity contribution in [3.05, 3.63) is 66.7 Å². The monoisotopic (exact) mass is 366 g/mol. The van der Waals surface area contributed by atoms with Crippen molar-refractivity contribution in [2.24, 2.45) is 0 Å². The van der Waals surface area contributed by atoms with Crippen LogP contribution in [-0.2, 0) is 18.0 Å². The number of fused-ring (bicyclic) bond motifs is 1. The lowest BCUT2D eigenvalue weighted by Gasteiger charge is -2.20. The van der Waals surface area contributed by atoms with E-state index in [1.165, 1.54) is 30.3 Å². The van der Waals surface area contributed by atoms with E-state index in [0.717, 1.165) is 0 Å². The average Bonchev–Trinajstić information content (AvgIpc) is 2.59. The zero-order chi connectivity index (χ0) is 18.0. The molecule has 0 radical (unpaired) electrons. The van der Waals surface area contributed by atoms with E-state index in [1.54, 1.807) is 0 Å². The van der Waals surface area contributed by atoms with Gasteiger partial charge in [-0.15, -0.1) is 0 Å². The van der Waals surface area contributed by atoms with E-state index in [1.807, 2.05) is 0 Å². The largest absolute Gasteiger partial charge is 0.482 e. The Bertz CT molecular complexity index is 856. The van der Waals surface area contributed by atoms with Crippen molar-refractivity contribution in [3.63, 3.8) is 0 Å². The normalized spacial score (nSPS) is 12.8. The lowest BCUT2D eigenvalue weighted by molar-refractivity contribution is -0.386. The van der Waals surface area contributed by atoms with E-state index < -0.39 is 9.85 Å². The van der Waals surface area contributed by atoms with Gasteiger partial charge in [-0.25, -0.2) is 0 Å². The highest BCUT2D eigenvalue weighted by Gasteiger charge is 2.22. The van der Waals surface area contributed by atoms with E-state index in [-0.39, 0.29) is 42.2 Å². The third kappa shape index (κ3) is 3.62. The van der Waals surface area contributed by atoms with Gasteiger partial charge in [-0.05, 0) is 12.1 Å². The van der Waals surface area contributed by atoms with Crippen LogP contribution in [0.1, 0.15) is 11.1 Å². The summed E-state index contributed by atoms with van der Waals surface area (Å²) in [5.41, 5.74) is 0.481. The molecule has 10 heteroatoms. The number of rotatable bonds is 5. The Labute approximate surface area is 146 Å². The quantitative estimate of drug-likeness (QED) is 0.586. The molecule has 0 N–H and O–H groups in total. The highest BCUT2D eigenvalue weighted by Crippen LogP contribution is 2.35. The number of halogens is 1. The average molecular weight is 367 g/mol. The van der Waals surface area contributed by atoms with Crippen molar-refractivity contribution in [2.75, 3.05) is 6.79 Å². The van der Waals surface area contributed by atoms with Crippen molar-refractivity contribution in [1.82, 2.24) is 0 Å². The first-order valence-electron chi connectivity index (χ1n) is 7.03. The smallest absolute Gasteiger partial charge is 0.312 e. The van der Waals surface area contributed by atoms with E-state index in [4.69, 9.17) is 25.8 Å². The number of ether oxygens (including phenoxy) is 3. The molecule has 0 saturated heterocycles. The summed E-state index contributed by atoms with van der Waals surface area (Å²) < 4.78 is 16.0. The number of nitrogens with zero attached hydrogens (tertiary/aromatic N) is 2. The predicted octanol–water partition coefficient (Wildman–Crippen LogP) is 3.60. The molecule has 2 aromatic rings. The number of benzene rings is 2. The van der Waals surface area contributed by atoms with Crippen LogP contribution in [0.15, 0.2) is 30.3 Å². The molecular weight excluding hydrogens is 356 g/mol. The highest BCUT2D eigenvalue weighted by atomic mass is 35.5. The molecule has 9 nitrogen and oxygen atoms in total. The molecule has 0 spiro atoms. The fraction of sp³-hybridized carbons (Fsp3) is 0.200. The second-order valence-corrected chi connectivity index (χ2v) is 5.56. The first-order valence-corrected chi connectivity index (χ1v) is 7.41. The van der Waals surface area contributed by atoms with Gasteiger partial charge in [0.25, 0.3) is 5.69 Å². The van der Waals surface area contributed by atoms with Crippen LogP contribution in [0, 0.1) is 20.2 Å². The summed E-state index contributed by atoms with van der Waals surface area (Å²) in [5, 5.41) is 22.4. The van der Waals surface area contributed by atoms with E-state index in [2.05, 4.69) is 0 Å². The maximum absolute atomic E-state index is 11.1. The molecule has 0 atom stereocenters. The van der Waals surface area contributed by atoms with Gasteiger partial charge in [-0.2, -0.15) is 0 Å². The molecule has 1 heterocycles. The molecule has 2 aromatic carbocycles. The zero-order valence-corrected chi connectivity index (χ0v) is 13.4. The van der Waals surface area contributed by atoms with Crippen LogP contribution >= 0.6 is 11.6 Å². The second-order valence-electron chi connectivity index (χ2n) is 5.12. The molecule has 0 unspecified atom stereocenters. The molecule has 1 aliphatic heterocycles. The Hall–Kier alpha value is -2.91. The van der Waals surface area contributed by atoms with Crippen molar-refractivity contribution in [1.29, 1.82) is 0 Å². The minimum atomic E-state index is -0.617. The third-order valence-corrected chi connectivity index (χ3v) is 3.72. The first kappa shape index (κ1) is 16.9. The minimum Gasteiger partial charge on any atom is -0.482 e. The van der Waals surface area contributed by atoms with Gasteiger partial charge in [0.1, 0.15) is 12.4 Å². The van der Waals surface area contributed by atoms with Crippen LogP contribution < -0.4 is 9.47 Å². The maximum atomic E-state index is 11.1. The topological polar surface area (TPSA) is 114 Å². The summed E-state index contributed by atoms with van der Waals surface area (Å²) in [4.78, 5) is 21.0. The van der Waals surface area contributed by atoms with Crippen molar-refractivity contribution < 1.29 is 24.1 Å². The fourth-order valence-corrected chi connectivity index (χ4v) is 2.57. The third-order valence-electron chi connectivity index (χ3n) is 3.48. The lowest BCUT2D eigenvalue weighted by Crippen LogP contribution is -2.14. The SMILES string of the molecule is O=[N+]([O-])c1cc2c(c(COc3ccc(Cl)cc3[N+](=O)[O-])c1)OCOC2. The summed E-state index contributed by atoms with van der Waals surface area (Å²) in [6.45, 7) is 0.0382. The van der Waals surface area contributed by atoms with Gasteiger partial charge in [-0.1, -0.05) is 11.6 Å². The molecule has 130 valence electrons. The van der Waals surface area contributed by atoms with Gasteiger partial charge in [0.05, 0.1) is 16.5 Å². The van der Waals surface area contributed by atoms with Gasteiger partial charge in [0.2, 0.25) is 0 Å². The second kappa shape index (κ2) is 6.91. The van der Waals surface area contributed by atoms with Crippen LogP contribution in [0.5, 0.6) is 11.5 Å². The van der Waals surface area contributed by atoms with Crippen LogP contribution in [0.3, 0.4) is 0 Å². The summed E-state index contributed by atoms with van der Waals surface area (Å²) in [5.74, 6) is 0.426. The number of hydrogen-bond donors (Lipinski definition) is 0.